The van der Waals surface area contributed by atoms with Crippen molar-refractivity contribution in [3.05, 3.63) is 71.9 Å². The van der Waals surface area contributed by atoms with Crippen LogP contribution in [0, 0.1) is 5.92 Å². The number of nitrogens with one attached hydrogen (secondary N) is 1. The maximum Gasteiger partial charge on any atom is 0.258 e. The van der Waals surface area contributed by atoms with Gasteiger partial charge in [-0.2, -0.15) is 0 Å². The first-order valence-corrected chi connectivity index (χ1v) is 9.05. The molecular weight excluding hydrogens is 336 g/mol. The summed E-state index contributed by atoms with van der Waals surface area (Å²) in [5.41, 5.74) is 9.08. The van der Waals surface area contributed by atoms with E-state index in [0.717, 1.165) is 16.5 Å². The van der Waals surface area contributed by atoms with E-state index in [4.69, 9.17) is 5.73 Å². The normalized spacial score (nSPS) is 13.0. The molecule has 138 valence electrons. The molecule has 0 aliphatic heterocycles. The van der Waals surface area contributed by atoms with E-state index in [9.17, 15) is 4.79 Å². The van der Waals surface area contributed by atoms with Crippen LogP contribution in [0.4, 0.5) is 5.69 Å². The van der Waals surface area contributed by atoms with Crippen molar-refractivity contribution in [2.24, 2.45) is 16.6 Å². The van der Waals surface area contributed by atoms with Gasteiger partial charge in [0.1, 0.15) is 0 Å². The molecule has 1 aromatic heterocycles. The van der Waals surface area contributed by atoms with Gasteiger partial charge in [0.25, 0.3) is 5.91 Å². The van der Waals surface area contributed by atoms with Gasteiger partial charge in [0, 0.05) is 11.6 Å². The van der Waals surface area contributed by atoms with Gasteiger partial charge in [-0.25, -0.2) is 4.99 Å². The molecule has 3 aromatic rings. The maximum atomic E-state index is 12.9. The molecule has 0 radical (unpaired) electrons. The summed E-state index contributed by atoms with van der Waals surface area (Å²) in [6, 6.07) is 17.0. The minimum atomic E-state index is -0.289. The van der Waals surface area contributed by atoms with Crippen LogP contribution in [0.1, 0.15) is 42.6 Å². The maximum absolute atomic E-state index is 12.9. The summed E-state index contributed by atoms with van der Waals surface area (Å²) < 4.78 is 0. The molecule has 5 nitrogen and oxygen atoms in total. The van der Waals surface area contributed by atoms with Crippen LogP contribution in [-0.4, -0.2) is 16.9 Å². The van der Waals surface area contributed by atoms with E-state index in [1.165, 1.54) is 0 Å². The molecule has 0 bridgehead atoms. The van der Waals surface area contributed by atoms with Gasteiger partial charge in [-0.05, 0) is 41.7 Å². The van der Waals surface area contributed by atoms with Crippen LogP contribution in [0.25, 0.3) is 10.9 Å². The number of aliphatic imine (C=N–C) groups is 1. The Balaban J connectivity index is 1.98. The summed E-state index contributed by atoms with van der Waals surface area (Å²) in [6.07, 6.45) is 1.64. The fourth-order valence-electron chi connectivity index (χ4n) is 3.01. The first-order valence-electron chi connectivity index (χ1n) is 9.05. The molecule has 0 aliphatic rings. The number of aromatic nitrogens is 1. The molecule has 3 N–H and O–H groups in total. The van der Waals surface area contributed by atoms with Crippen LogP contribution in [0.5, 0.6) is 0 Å². The quantitative estimate of drug-likeness (QED) is 0.535. The summed E-state index contributed by atoms with van der Waals surface area (Å²) in [5.74, 6) is 0.504. The van der Waals surface area contributed by atoms with Crippen molar-refractivity contribution < 1.29 is 4.79 Å². The molecule has 0 aliphatic carbocycles. The largest absolute Gasteiger partial charge is 0.369 e. The minimum absolute atomic E-state index is 0.0607. The number of hydrogen-bond donors (Lipinski definition) is 2. The van der Waals surface area contributed by atoms with E-state index in [1.54, 1.807) is 12.3 Å². The lowest BCUT2D eigenvalue weighted by Crippen LogP contribution is -2.36. The molecule has 1 amide bonds. The lowest BCUT2D eigenvalue weighted by atomic mass is 9.86. The van der Waals surface area contributed by atoms with Gasteiger partial charge in [-0.1, -0.05) is 51.1 Å². The molecule has 1 unspecified atom stereocenters. The first kappa shape index (κ1) is 18.6. The van der Waals surface area contributed by atoms with E-state index >= 15 is 0 Å². The Labute approximate surface area is 159 Å². The Morgan fingerprint density at radius 3 is 2.48 bits per heavy atom. The van der Waals surface area contributed by atoms with Crippen molar-refractivity contribution >= 4 is 28.5 Å². The van der Waals surface area contributed by atoms with E-state index in [1.807, 2.05) is 42.5 Å². The molecule has 0 saturated heterocycles. The average Bonchev–Trinajstić information content (AvgIpc) is 2.67. The first-order chi connectivity index (χ1) is 13.0. The zero-order chi connectivity index (χ0) is 19.4. The SMILES string of the molecule is CC(C)C(C)c1cccc2nccc(C(=O)NC(N)=Nc3ccccc3)c12. The Hall–Kier alpha value is -3.21. The van der Waals surface area contributed by atoms with Gasteiger partial charge in [0.2, 0.25) is 5.96 Å². The van der Waals surface area contributed by atoms with Gasteiger partial charge < -0.3 is 5.73 Å². The van der Waals surface area contributed by atoms with Crippen molar-refractivity contribution in [3.8, 4) is 0 Å². The average molecular weight is 360 g/mol. The topological polar surface area (TPSA) is 80.4 Å². The summed E-state index contributed by atoms with van der Waals surface area (Å²) in [5, 5.41) is 3.56. The van der Waals surface area contributed by atoms with Gasteiger partial charge in [-0.3, -0.25) is 15.1 Å². The number of para-hydroxylation sites is 1. The number of fused-ring (bicyclic) bond motifs is 1. The van der Waals surface area contributed by atoms with Gasteiger partial charge in [-0.15, -0.1) is 0 Å². The lowest BCUT2D eigenvalue weighted by molar-refractivity contribution is 0.0978. The molecule has 27 heavy (non-hydrogen) atoms. The highest BCUT2D eigenvalue weighted by Gasteiger charge is 2.19. The number of carbonyl (C=O) groups excluding carboxylic acids is 1. The number of pyridine rings is 1. The minimum Gasteiger partial charge on any atom is -0.369 e. The van der Waals surface area contributed by atoms with Crippen molar-refractivity contribution in [3.63, 3.8) is 0 Å². The van der Waals surface area contributed by atoms with E-state index < -0.39 is 0 Å². The van der Waals surface area contributed by atoms with Crippen LogP contribution in [-0.2, 0) is 0 Å². The van der Waals surface area contributed by atoms with Crippen molar-refractivity contribution in [1.82, 2.24) is 10.3 Å². The summed E-state index contributed by atoms with van der Waals surface area (Å²) >= 11 is 0. The molecule has 0 saturated carbocycles. The predicted octanol–water partition coefficient (Wildman–Crippen LogP) is 4.37. The number of guanidine groups is 1. The smallest absolute Gasteiger partial charge is 0.258 e. The van der Waals surface area contributed by atoms with Crippen LogP contribution in [0.2, 0.25) is 0 Å². The third kappa shape index (κ3) is 4.14. The second-order valence-corrected chi connectivity index (χ2v) is 6.92. The summed E-state index contributed by atoms with van der Waals surface area (Å²) in [7, 11) is 0. The number of amides is 1. The third-order valence-electron chi connectivity index (χ3n) is 4.78. The number of nitrogens with zero attached hydrogens (tertiary/aromatic N) is 2. The Morgan fingerprint density at radius 2 is 1.78 bits per heavy atom. The molecule has 1 heterocycles. The third-order valence-corrected chi connectivity index (χ3v) is 4.78. The lowest BCUT2D eigenvalue weighted by Gasteiger charge is -2.19. The van der Waals surface area contributed by atoms with Crippen LogP contribution in [0.3, 0.4) is 0 Å². The zero-order valence-electron chi connectivity index (χ0n) is 15.8. The predicted molar refractivity (Wildman–Crippen MR) is 110 cm³/mol. The monoisotopic (exact) mass is 360 g/mol. The Bertz CT molecular complexity index is 975. The van der Waals surface area contributed by atoms with Crippen LogP contribution >= 0.6 is 0 Å². The summed E-state index contributed by atoms with van der Waals surface area (Å²) in [6.45, 7) is 6.51. The second-order valence-electron chi connectivity index (χ2n) is 6.92. The molecule has 0 spiro atoms. The molecule has 0 fully saturated rings. The number of rotatable bonds is 4. The number of benzene rings is 2. The van der Waals surface area contributed by atoms with Crippen LogP contribution < -0.4 is 11.1 Å². The number of hydrogen-bond acceptors (Lipinski definition) is 3. The van der Waals surface area contributed by atoms with Crippen molar-refractivity contribution in [2.75, 3.05) is 0 Å². The Morgan fingerprint density at radius 1 is 1.04 bits per heavy atom. The molecular formula is C22H24N4O. The van der Waals surface area contributed by atoms with Crippen molar-refractivity contribution in [1.29, 1.82) is 0 Å². The van der Waals surface area contributed by atoms with E-state index in [0.29, 0.717) is 23.1 Å². The van der Waals surface area contributed by atoms with Crippen LogP contribution in [0.15, 0.2) is 65.8 Å². The summed E-state index contributed by atoms with van der Waals surface area (Å²) in [4.78, 5) is 21.6. The highest BCUT2D eigenvalue weighted by molar-refractivity contribution is 6.13. The van der Waals surface area contributed by atoms with E-state index in [-0.39, 0.29) is 11.9 Å². The standard InChI is InChI=1S/C22H24N4O/c1-14(2)15(3)17-10-7-11-19-20(17)18(12-13-24-19)21(27)26-22(23)25-16-8-5-4-6-9-16/h4-15H,1-3H3,(H3,23,25,26,27). The fourth-order valence-corrected chi connectivity index (χ4v) is 3.01. The molecule has 3 rings (SSSR count). The molecule has 1 atom stereocenters. The fraction of sp³-hybridized carbons (Fsp3) is 0.227. The van der Waals surface area contributed by atoms with Gasteiger partial charge in [0.05, 0.1) is 16.8 Å². The van der Waals surface area contributed by atoms with Gasteiger partial charge >= 0.3 is 0 Å². The van der Waals surface area contributed by atoms with Gasteiger partial charge in [0.15, 0.2) is 0 Å². The Kier molecular flexibility index (Phi) is 5.50. The second kappa shape index (κ2) is 7.99. The highest BCUT2D eigenvalue weighted by Crippen LogP contribution is 2.31. The van der Waals surface area contributed by atoms with Crippen molar-refractivity contribution in [2.45, 2.75) is 26.7 Å². The zero-order valence-corrected chi connectivity index (χ0v) is 15.8. The number of nitrogens with two attached hydrogens (primary N) is 1. The molecule has 5 heteroatoms. The molecule has 2 aromatic carbocycles. The highest BCUT2D eigenvalue weighted by atomic mass is 16.1. The number of carbonyl (C=O) groups is 1. The van der Waals surface area contributed by atoms with E-state index in [2.05, 4.69) is 42.1 Å².